The number of aliphatic hydroxyl groups is 1. The Morgan fingerprint density at radius 1 is 0.968 bits per heavy atom. The van der Waals surface area contributed by atoms with E-state index >= 15 is 0 Å². The molecule has 0 aliphatic heterocycles. The van der Waals surface area contributed by atoms with Gasteiger partial charge in [0.15, 0.2) is 0 Å². The number of rotatable bonds is 7. The van der Waals surface area contributed by atoms with Gasteiger partial charge in [0, 0.05) is 12.0 Å². The number of nitrogens with two attached hydrogens (primary N) is 1. The van der Waals surface area contributed by atoms with Gasteiger partial charge in [0.05, 0.1) is 30.4 Å². The van der Waals surface area contributed by atoms with Crippen LogP contribution in [0.3, 0.4) is 0 Å². The Balaban J connectivity index is 2.19. The SMILES string of the molecule is COc1ccc(F)cc1C(C)(O)CC(N)OCc1cc(C(F)(F)F)cc(C(F)(F)F)c1. The van der Waals surface area contributed by atoms with Gasteiger partial charge in [0.2, 0.25) is 0 Å². The van der Waals surface area contributed by atoms with Gasteiger partial charge in [0.1, 0.15) is 17.8 Å². The van der Waals surface area contributed by atoms with Crippen LogP contribution in [0.1, 0.15) is 35.6 Å². The van der Waals surface area contributed by atoms with Crippen molar-refractivity contribution in [1.29, 1.82) is 0 Å². The Hall–Kier alpha value is -2.37. The van der Waals surface area contributed by atoms with Crippen molar-refractivity contribution in [3.63, 3.8) is 0 Å². The van der Waals surface area contributed by atoms with Crippen molar-refractivity contribution in [3.8, 4) is 5.75 Å². The van der Waals surface area contributed by atoms with Crippen LogP contribution in [0.25, 0.3) is 0 Å². The van der Waals surface area contributed by atoms with Gasteiger partial charge >= 0.3 is 12.4 Å². The number of hydrogen-bond acceptors (Lipinski definition) is 4. The molecule has 0 spiro atoms. The molecule has 2 aromatic carbocycles. The molecule has 11 heteroatoms. The Labute approximate surface area is 173 Å². The van der Waals surface area contributed by atoms with E-state index in [4.69, 9.17) is 15.2 Å². The largest absolute Gasteiger partial charge is 0.496 e. The number of methoxy groups -OCH3 is 1. The van der Waals surface area contributed by atoms with Crippen molar-refractivity contribution < 1.29 is 45.3 Å². The van der Waals surface area contributed by atoms with E-state index in [1.807, 2.05) is 0 Å². The van der Waals surface area contributed by atoms with E-state index in [9.17, 15) is 35.8 Å². The van der Waals surface area contributed by atoms with E-state index in [1.165, 1.54) is 20.1 Å². The third-order valence-electron chi connectivity index (χ3n) is 4.45. The Morgan fingerprint density at radius 2 is 1.52 bits per heavy atom. The number of benzene rings is 2. The quantitative estimate of drug-likeness (QED) is 0.457. The molecule has 2 atom stereocenters. The van der Waals surface area contributed by atoms with Crippen LogP contribution in [0.4, 0.5) is 30.7 Å². The Morgan fingerprint density at radius 3 is 2.00 bits per heavy atom. The molecular weight excluding hydrogens is 435 g/mol. The minimum atomic E-state index is -4.99. The highest BCUT2D eigenvalue weighted by atomic mass is 19.4. The fourth-order valence-corrected chi connectivity index (χ4v) is 2.97. The second-order valence-electron chi connectivity index (χ2n) is 7.09. The normalized spacial score (nSPS) is 15.5. The first-order chi connectivity index (χ1) is 14.1. The molecule has 0 saturated heterocycles. The highest BCUT2D eigenvalue weighted by molar-refractivity contribution is 5.38. The summed E-state index contributed by atoms with van der Waals surface area (Å²) in [5.41, 5.74) is 0.680. The minimum absolute atomic E-state index is 0.00441. The lowest BCUT2D eigenvalue weighted by atomic mass is 9.91. The van der Waals surface area contributed by atoms with Crippen molar-refractivity contribution in [2.45, 2.75) is 44.1 Å². The molecule has 0 heterocycles. The molecule has 0 aliphatic rings. The summed E-state index contributed by atoms with van der Waals surface area (Å²) in [6.45, 7) is 0.615. The molecule has 2 aromatic rings. The first-order valence-corrected chi connectivity index (χ1v) is 8.85. The molecule has 3 N–H and O–H groups in total. The first kappa shape index (κ1) is 24.9. The Kier molecular flexibility index (Phi) is 7.24. The van der Waals surface area contributed by atoms with Crippen molar-refractivity contribution in [2.24, 2.45) is 5.73 Å². The van der Waals surface area contributed by atoms with Gasteiger partial charge in [-0.05, 0) is 48.9 Å². The van der Waals surface area contributed by atoms with Gasteiger partial charge in [-0.2, -0.15) is 26.3 Å². The molecule has 2 rings (SSSR count). The standard InChI is InChI=1S/C20H20F7NO3/c1-18(29,15-8-14(21)3-4-16(15)30-2)9-17(28)31-10-11-5-12(19(22,23)24)7-13(6-11)20(25,26)27/h3-8,17,29H,9-10,28H2,1-2H3. The van der Waals surface area contributed by atoms with E-state index in [0.717, 1.165) is 12.1 Å². The highest BCUT2D eigenvalue weighted by Gasteiger charge is 2.37. The van der Waals surface area contributed by atoms with Gasteiger partial charge in [-0.15, -0.1) is 0 Å². The van der Waals surface area contributed by atoms with Crippen LogP contribution in [0.2, 0.25) is 0 Å². The number of halogens is 7. The fraction of sp³-hybridized carbons (Fsp3) is 0.400. The zero-order valence-corrected chi connectivity index (χ0v) is 16.4. The summed E-state index contributed by atoms with van der Waals surface area (Å²) in [4.78, 5) is 0. The Bertz CT molecular complexity index is 878. The first-order valence-electron chi connectivity index (χ1n) is 8.85. The summed E-state index contributed by atoms with van der Waals surface area (Å²) < 4.78 is 101. The molecule has 2 unspecified atom stereocenters. The van der Waals surface area contributed by atoms with Crippen molar-refractivity contribution >= 4 is 0 Å². The molecule has 0 bridgehead atoms. The summed E-state index contributed by atoms with van der Waals surface area (Å²) in [5, 5.41) is 10.7. The molecule has 172 valence electrons. The van der Waals surface area contributed by atoms with E-state index in [2.05, 4.69) is 0 Å². The fourth-order valence-electron chi connectivity index (χ4n) is 2.97. The van der Waals surface area contributed by atoms with Crippen molar-refractivity contribution in [2.75, 3.05) is 7.11 Å². The van der Waals surface area contributed by atoms with Crippen LogP contribution in [-0.2, 0) is 29.3 Å². The van der Waals surface area contributed by atoms with E-state index in [1.54, 1.807) is 0 Å². The van der Waals surface area contributed by atoms with Crippen LogP contribution in [0.5, 0.6) is 5.75 Å². The van der Waals surface area contributed by atoms with Gasteiger partial charge in [-0.25, -0.2) is 4.39 Å². The maximum absolute atomic E-state index is 13.6. The minimum Gasteiger partial charge on any atom is -0.496 e. The average Bonchev–Trinajstić information content (AvgIpc) is 2.64. The molecule has 0 aliphatic carbocycles. The van der Waals surface area contributed by atoms with Crippen LogP contribution >= 0.6 is 0 Å². The number of hydrogen-bond donors (Lipinski definition) is 2. The van der Waals surface area contributed by atoms with Crippen molar-refractivity contribution in [3.05, 3.63) is 64.5 Å². The number of alkyl halides is 6. The summed E-state index contributed by atoms with van der Waals surface area (Å²) in [5.74, 6) is -0.500. The van der Waals surface area contributed by atoms with E-state index in [-0.39, 0.29) is 23.8 Å². The van der Waals surface area contributed by atoms with Crippen LogP contribution in [-0.4, -0.2) is 18.4 Å². The molecule has 0 saturated carbocycles. The van der Waals surface area contributed by atoms with E-state index in [0.29, 0.717) is 12.1 Å². The van der Waals surface area contributed by atoms with Crippen LogP contribution in [0, 0.1) is 5.82 Å². The van der Waals surface area contributed by atoms with Gasteiger partial charge in [0.25, 0.3) is 0 Å². The zero-order valence-electron chi connectivity index (χ0n) is 16.4. The summed E-state index contributed by atoms with van der Waals surface area (Å²) >= 11 is 0. The zero-order chi connectivity index (χ0) is 23.6. The topological polar surface area (TPSA) is 64.7 Å². The molecule has 4 nitrogen and oxygen atoms in total. The number of ether oxygens (including phenoxy) is 2. The van der Waals surface area contributed by atoms with Crippen molar-refractivity contribution in [1.82, 2.24) is 0 Å². The lowest BCUT2D eigenvalue weighted by Crippen LogP contribution is -2.34. The third kappa shape index (κ3) is 6.55. The molecular formula is C20H20F7NO3. The predicted molar refractivity (Wildman–Crippen MR) is 96.4 cm³/mol. The van der Waals surface area contributed by atoms with Gasteiger partial charge in [-0.3, -0.25) is 0 Å². The lowest BCUT2D eigenvalue weighted by Gasteiger charge is -2.28. The van der Waals surface area contributed by atoms with Gasteiger partial charge < -0.3 is 20.3 Å². The summed E-state index contributed by atoms with van der Waals surface area (Å²) in [7, 11) is 1.30. The molecule has 0 aromatic heterocycles. The second kappa shape index (κ2) is 9.01. The maximum atomic E-state index is 13.6. The van der Waals surface area contributed by atoms with Gasteiger partial charge in [-0.1, -0.05) is 0 Å². The lowest BCUT2D eigenvalue weighted by molar-refractivity contribution is -0.143. The predicted octanol–water partition coefficient (Wildman–Crippen LogP) is 4.97. The molecule has 31 heavy (non-hydrogen) atoms. The molecule has 0 radical (unpaired) electrons. The highest BCUT2D eigenvalue weighted by Crippen LogP contribution is 2.37. The summed E-state index contributed by atoms with van der Waals surface area (Å²) in [6, 6.07) is 4.47. The second-order valence-corrected chi connectivity index (χ2v) is 7.09. The van der Waals surface area contributed by atoms with Crippen LogP contribution in [0.15, 0.2) is 36.4 Å². The smallest absolute Gasteiger partial charge is 0.416 e. The maximum Gasteiger partial charge on any atom is 0.416 e. The molecule has 0 amide bonds. The van der Waals surface area contributed by atoms with E-state index < -0.39 is 53.3 Å². The third-order valence-corrected chi connectivity index (χ3v) is 4.45. The summed E-state index contributed by atoms with van der Waals surface area (Å²) in [6.07, 6.45) is -11.6. The molecule has 0 fully saturated rings. The monoisotopic (exact) mass is 455 g/mol. The van der Waals surface area contributed by atoms with Crippen LogP contribution < -0.4 is 10.5 Å². The average molecular weight is 455 g/mol.